The fourth-order valence-corrected chi connectivity index (χ4v) is 3.71. The van der Waals surface area contributed by atoms with Gasteiger partial charge in [0.15, 0.2) is 0 Å². The second kappa shape index (κ2) is 7.43. The van der Waals surface area contributed by atoms with Crippen LogP contribution in [0, 0.1) is 5.92 Å². The monoisotopic (exact) mass is 333 g/mol. The Hall–Kier alpha value is -1.75. The first kappa shape index (κ1) is 17.1. The van der Waals surface area contributed by atoms with Crippen molar-refractivity contribution in [2.45, 2.75) is 64.6 Å². The number of benzene rings is 1. The fraction of sp³-hybridized carbons (Fsp3) is 0.632. The van der Waals surface area contributed by atoms with E-state index in [1.165, 1.54) is 5.56 Å². The average molecular weight is 333 g/mol. The fourth-order valence-electron chi connectivity index (χ4n) is 3.71. The summed E-state index contributed by atoms with van der Waals surface area (Å²) in [5, 5.41) is 12.7. The number of nitrogens with one attached hydrogen (secondary N) is 1. The number of carbonyl (C=O) groups is 1. The van der Waals surface area contributed by atoms with Crippen LogP contribution in [0.5, 0.6) is 11.5 Å². The Bertz CT molecular complexity index is 593. The van der Waals surface area contributed by atoms with Gasteiger partial charge < -0.3 is 19.9 Å². The van der Waals surface area contributed by atoms with Crippen LogP contribution in [0.15, 0.2) is 12.1 Å². The highest BCUT2D eigenvalue weighted by molar-refractivity contribution is 5.70. The number of aliphatic carboxylic acids is 1. The Morgan fingerprint density at radius 1 is 1.33 bits per heavy atom. The van der Waals surface area contributed by atoms with Crippen LogP contribution in [0.2, 0.25) is 0 Å². The summed E-state index contributed by atoms with van der Waals surface area (Å²) in [5.74, 6) is 1.08. The van der Waals surface area contributed by atoms with Crippen LogP contribution >= 0.6 is 0 Å². The zero-order chi connectivity index (χ0) is 17.1. The molecule has 0 radical (unpaired) electrons. The lowest BCUT2D eigenvalue weighted by Crippen LogP contribution is -2.34. The lowest BCUT2D eigenvalue weighted by atomic mass is 9.86. The molecule has 1 unspecified atom stereocenters. The molecule has 1 aliphatic carbocycles. The maximum atomic E-state index is 11.0. The number of carboxylic acid groups (broad SMARTS) is 1. The molecule has 1 atom stereocenters. The second-order valence-electron chi connectivity index (χ2n) is 6.90. The molecule has 1 aromatic rings. The smallest absolute Gasteiger partial charge is 0.306 e. The van der Waals surface area contributed by atoms with Crippen molar-refractivity contribution in [2.75, 3.05) is 6.61 Å². The molecular weight excluding hydrogens is 306 g/mol. The van der Waals surface area contributed by atoms with Crippen LogP contribution in [0.4, 0.5) is 0 Å². The van der Waals surface area contributed by atoms with Crippen molar-refractivity contribution in [3.63, 3.8) is 0 Å². The van der Waals surface area contributed by atoms with Gasteiger partial charge in [-0.1, -0.05) is 0 Å². The molecule has 5 heteroatoms. The molecule has 5 nitrogen and oxygen atoms in total. The van der Waals surface area contributed by atoms with Gasteiger partial charge in [0.05, 0.1) is 12.5 Å². The lowest BCUT2D eigenvalue weighted by Gasteiger charge is -2.27. The zero-order valence-corrected chi connectivity index (χ0v) is 14.5. The number of carboxylic acids is 1. The van der Waals surface area contributed by atoms with Crippen molar-refractivity contribution in [1.29, 1.82) is 0 Å². The quantitative estimate of drug-likeness (QED) is 0.837. The summed E-state index contributed by atoms with van der Waals surface area (Å²) < 4.78 is 11.7. The van der Waals surface area contributed by atoms with Crippen LogP contribution in [0.3, 0.4) is 0 Å². The number of ether oxygens (including phenoxy) is 2. The van der Waals surface area contributed by atoms with Gasteiger partial charge >= 0.3 is 5.97 Å². The normalized spacial score (nSPS) is 25.8. The van der Waals surface area contributed by atoms with Gasteiger partial charge in [0.1, 0.15) is 17.6 Å². The van der Waals surface area contributed by atoms with Crippen molar-refractivity contribution in [3.8, 4) is 11.5 Å². The molecule has 24 heavy (non-hydrogen) atoms. The standard InChI is InChI=1S/C19H27NO4/c1-3-23-17-9-14-8-12(2)24-18(14)10-15(17)11-20-16-6-4-13(5-7-16)19(21)22/h9-10,12-13,16,20H,3-8,11H2,1-2H3,(H,21,22). The Labute approximate surface area is 143 Å². The molecule has 0 saturated heterocycles. The maximum absolute atomic E-state index is 11.0. The van der Waals surface area contributed by atoms with Crippen molar-refractivity contribution < 1.29 is 19.4 Å². The molecule has 0 amide bonds. The summed E-state index contributed by atoms with van der Waals surface area (Å²) in [6, 6.07) is 4.59. The highest BCUT2D eigenvalue weighted by Crippen LogP contribution is 2.35. The molecular formula is C19H27NO4. The van der Waals surface area contributed by atoms with Crippen LogP contribution < -0.4 is 14.8 Å². The van der Waals surface area contributed by atoms with Crippen LogP contribution in [-0.2, 0) is 17.8 Å². The molecule has 132 valence electrons. The van der Waals surface area contributed by atoms with Gasteiger partial charge in [-0.3, -0.25) is 4.79 Å². The van der Waals surface area contributed by atoms with Gasteiger partial charge in [-0.15, -0.1) is 0 Å². The summed E-state index contributed by atoms with van der Waals surface area (Å²) >= 11 is 0. The van der Waals surface area contributed by atoms with E-state index in [-0.39, 0.29) is 12.0 Å². The Morgan fingerprint density at radius 3 is 2.75 bits per heavy atom. The highest BCUT2D eigenvalue weighted by atomic mass is 16.5. The lowest BCUT2D eigenvalue weighted by molar-refractivity contribution is -0.142. The van der Waals surface area contributed by atoms with Gasteiger partial charge in [0.2, 0.25) is 0 Å². The number of fused-ring (bicyclic) bond motifs is 1. The second-order valence-corrected chi connectivity index (χ2v) is 6.90. The number of hydrogen-bond acceptors (Lipinski definition) is 4. The van der Waals surface area contributed by atoms with Crippen LogP contribution in [0.25, 0.3) is 0 Å². The first-order chi connectivity index (χ1) is 11.6. The third kappa shape index (κ3) is 3.83. The summed E-state index contributed by atoms with van der Waals surface area (Å²) in [4.78, 5) is 11.0. The molecule has 3 rings (SSSR count). The van der Waals surface area contributed by atoms with E-state index in [1.54, 1.807) is 0 Å². The predicted molar refractivity (Wildman–Crippen MR) is 91.6 cm³/mol. The highest BCUT2D eigenvalue weighted by Gasteiger charge is 2.26. The molecule has 2 aliphatic rings. The molecule has 1 fully saturated rings. The van der Waals surface area contributed by atoms with E-state index in [0.717, 1.165) is 55.7 Å². The summed E-state index contributed by atoms with van der Waals surface area (Å²) in [6.07, 6.45) is 4.51. The molecule has 1 saturated carbocycles. The SMILES string of the molecule is CCOc1cc2c(cc1CNC1CCC(C(=O)O)CC1)OC(C)C2. The molecule has 1 aliphatic heterocycles. The van der Waals surface area contributed by atoms with Crippen molar-refractivity contribution in [2.24, 2.45) is 5.92 Å². The van der Waals surface area contributed by atoms with E-state index in [0.29, 0.717) is 12.6 Å². The van der Waals surface area contributed by atoms with Gasteiger partial charge in [-0.25, -0.2) is 0 Å². The first-order valence-corrected chi connectivity index (χ1v) is 8.98. The van der Waals surface area contributed by atoms with E-state index < -0.39 is 5.97 Å². The van der Waals surface area contributed by atoms with Gasteiger partial charge in [0.25, 0.3) is 0 Å². The number of hydrogen-bond donors (Lipinski definition) is 2. The van der Waals surface area contributed by atoms with E-state index in [9.17, 15) is 4.79 Å². The molecule has 1 heterocycles. The largest absolute Gasteiger partial charge is 0.494 e. The van der Waals surface area contributed by atoms with Gasteiger partial charge in [-0.2, -0.15) is 0 Å². The van der Waals surface area contributed by atoms with E-state index in [4.69, 9.17) is 14.6 Å². The Kier molecular flexibility index (Phi) is 5.29. The zero-order valence-electron chi connectivity index (χ0n) is 14.5. The van der Waals surface area contributed by atoms with Gasteiger partial charge in [0, 0.05) is 30.1 Å². The van der Waals surface area contributed by atoms with E-state index in [1.807, 2.05) is 6.92 Å². The minimum Gasteiger partial charge on any atom is -0.494 e. The van der Waals surface area contributed by atoms with Crippen molar-refractivity contribution >= 4 is 5.97 Å². The van der Waals surface area contributed by atoms with Crippen LogP contribution in [-0.4, -0.2) is 29.8 Å². The molecule has 0 bridgehead atoms. The summed E-state index contributed by atoms with van der Waals surface area (Å²) in [5.41, 5.74) is 2.33. The van der Waals surface area contributed by atoms with E-state index >= 15 is 0 Å². The average Bonchev–Trinajstić information content (AvgIpc) is 2.92. The Balaban J connectivity index is 1.62. The predicted octanol–water partition coefficient (Wildman–Crippen LogP) is 3.14. The molecule has 2 N–H and O–H groups in total. The van der Waals surface area contributed by atoms with Crippen LogP contribution in [0.1, 0.15) is 50.7 Å². The molecule has 1 aromatic carbocycles. The summed E-state index contributed by atoms with van der Waals surface area (Å²) in [7, 11) is 0. The minimum atomic E-state index is -0.656. The Morgan fingerprint density at radius 2 is 2.08 bits per heavy atom. The van der Waals surface area contributed by atoms with E-state index in [2.05, 4.69) is 24.4 Å². The van der Waals surface area contributed by atoms with Gasteiger partial charge in [-0.05, 0) is 51.7 Å². The first-order valence-electron chi connectivity index (χ1n) is 8.98. The third-order valence-electron chi connectivity index (χ3n) is 5.04. The molecule has 0 aromatic heterocycles. The van der Waals surface area contributed by atoms with Crippen molar-refractivity contribution in [1.82, 2.24) is 5.32 Å². The molecule has 0 spiro atoms. The topological polar surface area (TPSA) is 67.8 Å². The van der Waals surface area contributed by atoms with Crippen molar-refractivity contribution in [3.05, 3.63) is 23.3 Å². The maximum Gasteiger partial charge on any atom is 0.306 e. The third-order valence-corrected chi connectivity index (χ3v) is 5.04. The summed E-state index contributed by atoms with van der Waals surface area (Å²) in [6.45, 7) is 5.45. The minimum absolute atomic E-state index is 0.170. The number of rotatable bonds is 6.